The number of ether oxygens (including phenoxy) is 3. The number of benzene rings is 1. The topological polar surface area (TPSA) is 106 Å². The molecule has 30 heavy (non-hydrogen) atoms. The van der Waals surface area contributed by atoms with Gasteiger partial charge in [0.25, 0.3) is 0 Å². The Kier molecular flexibility index (Phi) is 8.46. The second kappa shape index (κ2) is 10.8. The maximum absolute atomic E-state index is 12.5. The van der Waals surface area contributed by atoms with Crippen LogP contribution in [0.25, 0.3) is 0 Å². The van der Waals surface area contributed by atoms with E-state index in [1.54, 1.807) is 14.2 Å². The number of hydrogen-bond donors (Lipinski definition) is 2. The molecule has 0 radical (unpaired) electrons. The van der Waals surface area contributed by atoms with Crippen molar-refractivity contribution in [2.75, 3.05) is 34.4 Å². The van der Waals surface area contributed by atoms with Crippen molar-refractivity contribution < 1.29 is 28.6 Å². The van der Waals surface area contributed by atoms with Crippen LogP contribution in [0, 0.1) is 0 Å². The van der Waals surface area contributed by atoms with E-state index in [-0.39, 0.29) is 31.0 Å². The number of carbonyl (C=O) groups is 3. The van der Waals surface area contributed by atoms with E-state index in [4.69, 9.17) is 14.2 Å². The number of esters is 1. The first-order valence-corrected chi connectivity index (χ1v) is 9.98. The molecule has 0 spiro atoms. The molecule has 1 aliphatic heterocycles. The predicted octanol–water partition coefficient (Wildman–Crippen LogP) is 1.79. The highest BCUT2D eigenvalue weighted by Crippen LogP contribution is 2.39. The minimum absolute atomic E-state index is 0.0244. The van der Waals surface area contributed by atoms with Gasteiger partial charge in [0.2, 0.25) is 5.91 Å². The van der Waals surface area contributed by atoms with Crippen molar-refractivity contribution in [3.8, 4) is 11.5 Å². The maximum Gasteiger partial charge on any atom is 0.321 e. The number of urea groups is 1. The molecule has 1 aliphatic rings. The lowest BCUT2D eigenvalue weighted by Crippen LogP contribution is -2.48. The van der Waals surface area contributed by atoms with Gasteiger partial charge in [-0.1, -0.05) is 6.92 Å². The molecule has 9 heteroatoms. The van der Waals surface area contributed by atoms with E-state index in [1.807, 2.05) is 30.9 Å². The normalized spacial score (nSPS) is 16.8. The van der Waals surface area contributed by atoms with Gasteiger partial charge in [-0.15, -0.1) is 0 Å². The van der Waals surface area contributed by atoms with Gasteiger partial charge in [-0.3, -0.25) is 19.8 Å². The number of nitrogens with zero attached hydrogens (tertiary/aromatic N) is 1. The van der Waals surface area contributed by atoms with Gasteiger partial charge in [0.1, 0.15) is 0 Å². The molecule has 1 aromatic rings. The molecular weight excluding hydrogens is 390 g/mol. The van der Waals surface area contributed by atoms with Crippen LogP contribution < -0.4 is 20.1 Å². The summed E-state index contributed by atoms with van der Waals surface area (Å²) in [5.41, 5.74) is 1.90. The van der Waals surface area contributed by atoms with Gasteiger partial charge in [0.05, 0.1) is 34.3 Å². The lowest BCUT2D eigenvalue weighted by Gasteiger charge is -2.36. The van der Waals surface area contributed by atoms with Gasteiger partial charge in [-0.25, -0.2) is 4.79 Å². The number of imide groups is 1. The van der Waals surface area contributed by atoms with E-state index in [0.29, 0.717) is 24.5 Å². The van der Waals surface area contributed by atoms with Crippen molar-refractivity contribution in [3.05, 3.63) is 23.3 Å². The average molecular weight is 421 g/mol. The molecule has 0 aromatic heterocycles. The van der Waals surface area contributed by atoms with Crippen molar-refractivity contribution in [3.63, 3.8) is 0 Å². The van der Waals surface area contributed by atoms with E-state index in [1.165, 1.54) is 7.11 Å². The molecule has 1 heterocycles. The molecule has 0 fully saturated rings. The zero-order valence-corrected chi connectivity index (χ0v) is 18.2. The van der Waals surface area contributed by atoms with E-state index in [0.717, 1.165) is 17.5 Å². The summed E-state index contributed by atoms with van der Waals surface area (Å²) in [7, 11) is 4.44. The summed E-state index contributed by atoms with van der Waals surface area (Å²) in [6.45, 7) is 4.33. The molecule has 0 unspecified atom stereocenters. The number of amides is 3. The Morgan fingerprint density at radius 1 is 1.17 bits per heavy atom. The van der Waals surface area contributed by atoms with Crippen LogP contribution >= 0.6 is 0 Å². The number of carbonyl (C=O) groups excluding carboxylic acids is 3. The third-order valence-electron chi connectivity index (χ3n) is 5.29. The number of hydrogen-bond acceptors (Lipinski definition) is 7. The molecule has 2 rings (SSSR count). The zero-order valence-electron chi connectivity index (χ0n) is 18.2. The van der Waals surface area contributed by atoms with Gasteiger partial charge >= 0.3 is 12.0 Å². The van der Waals surface area contributed by atoms with Gasteiger partial charge in [0, 0.05) is 18.6 Å². The molecule has 9 nitrogen and oxygen atoms in total. The van der Waals surface area contributed by atoms with E-state index in [9.17, 15) is 14.4 Å². The van der Waals surface area contributed by atoms with Crippen LogP contribution in [0.1, 0.15) is 43.9 Å². The predicted molar refractivity (Wildman–Crippen MR) is 111 cm³/mol. The molecule has 2 atom stereocenters. The molecular formula is C21H31N3O6. The van der Waals surface area contributed by atoms with Crippen LogP contribution in [0.4, 0.5) is 4.79 Å². The molecule has 3 amide bonds. The van der Waals surface area contributed by atoms with Crippen LogP contribution in [-0.2, 0) is 20.7 Å². The molecule has 2 N–H and O–H groups in total. The van der Waals surface area contributed by atoms with Crippen LogP contribution in [0.5, 0.6) is 11.5 Å². The fraction of sp³-hybridized carbons (Fsp3) is 0.571. The number of fused-ring (bicyclic) bond motifs is 1. The lowest BCUT2D eigenvalue weighted by atomic mass is 9.90. The van der Waals surface area contributed by atoms with E-state index < -0.39 is 11.9 Å². The first-order valence-electron chi connectivity index (χ1n) is 9.98. The average Bonchev–Trinajstić information content (AvgIpc) is 2.73. The van der Waals surface area contributed by atoms with Crippen LogP contribution in [0.2, 0.25) is 0 Å². The van der Waals surface area contributed by atoms with Gasteiger partial charge in [0.15, 0.2) is 11.5 Å². The highest BCUT2D eigenvalue weighted by atomic mass is 16.5. The summed E-state index contributed by atoms with van der Waals surface area (Å²) >= 11 is 0. The molecule has 166 valence electrons. The summed E-state index contributed by atoms with van der Waals surface area (Å²) < 4.78 is 15.6. The fourth-order valence-electron chi connectivity index (χ4n) is 3.46. The summed E-state index contributed by atoms with van der Waals surface area (Å²) in [6, 6.07) is 2.79. The largest absolute Gasteiger partial charge is 0.493 e. The Bertz CT molecular complexity index is 782. The Balaban J connectivity index is 2.22. The smallest absolute Gasteiger partial charge is 0.321 e. The molecule has 0 bridgehead atoms. The number of methoxy groups -OCH3 is 3. The molecule has 1 aromatic carbocycles. The number of nitrogens with one attached hydrogen (secondary N) is 2. The fourth-order valence-corrected chi connectivity index (χ4v) is 3.46. The third kappa shape index (κ3) is 5.85. The summed E-state index contributed by atoms with van der Waals surface area (Å²) in [5, 5.41) is 5.05. The highest BCUT2D eigenvalue weighted by Gasteiger charge is 2.32. The standard InChI is InChI=1S/C21H31N3O6/c1-6-13(2)22-21(27)23-19(25)12-24-8-7-14-9-17(28-3)18(29-4)10-15(14)16(24)11-20(26)30-5/h9-10,13,16H,6-8,11-12H2,1-5H3,(H2,22,23,25,27)/t13-,16-/m0/s1. The van der Waals surface area contributed by atoms with Crippen molar-refractivity contribution in [2.45, 2.75) is 45.2 Å². The summed E-state index contributed by atoms with van der Waals surface area (Å²) in [4.78, 5) is 38.3. The Hall–Kier alpha value is -2.81. The zero-order chi connectivity index (χ0) is 22.3. The van der Waals surface area contributed by atoms with Gasteiger partial charge < -0.3 is 19.5 Å². The second-order valence-corrected chi connectivity index (χ2v) is 7.25. The maximum atomic E-state index is 12.5. The molecule has 0 saturated heterocycles. The monoisotopic (exact) mass is 421 g/mol. The Morgan fingerprint density at radius 2 is 1.83 bits per heavy atom. The Morgan fingerprint density at radius 3 is 2.43 bits per heavy atom. The van der Waals surface area contributed by atoms with Gasteiger partial charge in [-0.05, 0) is 43.0 Å². The first-order chi connectivity index (χ1) is 14.3. The lowest BCUT2D eigenvalue weighted by molar-refractivity contribution is -0.142. The molecule has 0 saturated carbocycles. The van der Waals surface area contributed by atoms with E-state index >= 15 is 0 Å². The van der Waals surface area contributed by atoms with E-state index in [2.05, 4.69) is 10.6 Å². The van der Waals surface area contributed by atoms with Crippen LogP contribution in [0.3, 0.4) is 0 Å². The van der Waals surface area contributed by atoms with Crippen molar-refractivity contribution in [1.29, 1.82) is 0 Å². The third-order valence-corrected chi connectivity index (χ3v) is 5.29. The minimum Gasteiger partial charge on any atom is -0.493 e. The van der Waals surface area contributed by atoms with Crippen molar-refractivity contribution in [2.24, 2.45) is 0 Å². The van der Waals surface area contributed by atoms with Crippen molar-refractivity contribution >= 4 is 17.9 Å². The molecule has 0 aliphatic carbocycles. The summed E-state index contributed by atoms with van der Waals surface area (Å²) in [5.74, 6) is 0.337. The quantitative estimate of drug-likeness (QED) is 0.617. The summed E-state index contributed by atoms with van der Waals surface area (Å²) in [6.07, 6.45) is 1.50. The minimum atomic E-state index is -0.525. The van der Waals surface area contributed by atoms with Crippen LogP contribution in [0.15, 0.2) is 12.1 Å². The highest BCUT2D eigenvalue weighted by molar-refractivity contribution is 5.95. The number of rotatable bonds is 8. The van der Waals surface area contributed by atoms with Crippen molar-refractivity contribution in [1.82, 2.24) is 15.5 Å². The van der Waals surface area contributed by atoms with Gasteiger partial charge in [-0.2, -0.15) is 0 Å². The first kappa shape index (κ1) is 23.5. The SMILES string of the molecule is CC[C@H](C)NC(=O)NC(=O)CN1CCc2cc(OC)c(OC)cc2[C@@H]1CC(=O)OC. The second-order valence-electron chi connectivity index (χ2n) is 7.25. The Labute approximate surface area is 177 Å². The van der Waals surface area contributed by atoms with Crippen LogP contribution in [-0.4, -0.2) is 63.3 Å².